The van der Waals surface area contributed by atoms with Gasteiger partial charge in [-0.25, -0.2) is 0 Å². The molecule has 1 aromatic heterocycles. The summed E-state index contributed by atoms with van der Waals surface area (Å²) in [7, 11) is 3.17. The van der Waals surface area contributed by atoms with Crippen molar-refractivity contribution in [3.05, 3.63) is 97.4 Å². The number of hydrogen-bond acceptors (Lipinski definition) is 8. The number of carbonyl (C=O) groups excluding carboxylic acids is 3. The summed E-state index contributed by atoms with van der Waals surface area (Å²) in [6.45, 7) is 1.79. The largest absolute Gasteiger partial charge is 0.493 e. The maximum absolute atomic E-state index is 14.1. The van der Waals surface area contributed by atoms with Gasteiger partial charge in [0.05, 0.1) is 36.8 Å². The lowest BCUT2D eigenvalue weighted by Crippen LogP contribution is -2.43. The first-order chi connectivity index (χ1) is 23.2. The number of imide groups is 1. The Morgan fingerprint density at radius 3 is 2.35 bits per heavy atom. The number of nitrogens with zero attached hydrogens (tertiary/aromatic N) is 2. The fraction of sp³-hybridized carbons (Fsp3) is 0.333. The van der Waals surface area contributed by atoms with E-state index in [1.165, 1.54) is 4.90 Å². The van der Waals surface area contributed by atoms with Gasteiger partial charge in [-0.05, 0) is 84.7 Å². The Balaban J connectivity index is 1.20. The number of rotatable bonds is 7. The second-order valence-electron chi connectivity index (χ2n) is 12.8. The molecule has 3 amide bonds. The van der Waals surface area contributed by atoms with Crippen molar-refractivity contribution in [3.63, 3.8) is 0 Å². The van der Waals surface area contributed by atoms with Crippen molar-refractivity contribution in [2.45, 2.75) is 36.1 Å². The number of aromatic nitrogens is 1. The Kier molecular flexibility index (Phi) is 7.69. The average molecular weight is 702 g/mol. The Bertz CT molecular complexity index is 2040. The van der Waals surface area contributed by atoms with Gasteiger partial charge >= 0.3 is 4.87 Å². The van der Waals surface area contributed by atoms with E-state index in [2.05, 4.69) is 5.32 Å². The average Bonchev–Trinajstić information content (AvgIpc) is 3.80. The minimum absolute atomic E-state index is 0.0129. The molecule has 4 aliphatic rings. The van der Waals surface area contributed by atoms with Gasteiger partial charge in [-0.3, -0.25) is 28.6 Å². The molecular formula is C36H32ClN3O6S2. The van der Waals surface area contributed by atoms with E-state index in [-0.39, 0.29) is 58.1 Å². The van der Waals surface area contributed by atoms with Crippen molar-refractivity contribution in [1.82, 2.24) is 4.57 Å². The summed E-state index contributed by atoms with van der Waals surface area (Å²) >= 11 is 8.87. The maximum atomic E-state index is 14.1. The zero-order valence-corrected chi connectivity index (χ0v) is 28.7. The van der Waals surface area contributed by atoms with Gasteiger partial charge in [-0.1, -0.05) is 47.2 Å². The first-order valence-corrected chi connectivity index (χ1v) is 17.9. The van der Waals surface area contributed by atoms with Crippen molar-refractivity contribution in [2.75, 3.05) is 24.4 Å². The summed E-state index contributed by atoms with van der Waals surface area (Å²) in [5, 5.41) is 4.21. The first-order valence-electron chi connectivity index (χ1n) is 15.8. The standard InChI is InChI=1S/C36H32ClN3O6S2/c1-17-6-4-5-7-23(17)38-26(41)16-39-35-32(48-36(39)44)27(18-8-13-24(45-2)25(14-18)46-3)28-21-15-22(31(28)47-35)30-29(21)33(42)40(34(30)43)20-11-9-19(37)10-12-20/h4-14,21-22,27-31H,15-16H2,1-3H3,(H,38,41). The molecule has 2 aliphatic heterocycles. The summed E-state index contributed by atoms with van der Waals surface area (Å²) < 4.78 is 12.8. The third-order valence-electron chi connectivity index (χ3n) is 10.5. The van der Waals surface area contributed by atoms with E-state index in [0.29, 0.717) is 27.9 Å². The number of ether oxygens (including phenoxy) is 2. The van der Waals surface area contributed by atoms with Crippen LogP contribution >= 0.6 is 34.7 Å². The Hall–Kier alpha value is -4.06. The molecule has 48 heavy (non-hydrogen) atoms. The van der Waals surface area contributed by atoms with Gasteiger partial charge in [0.1, 0.15) is 6.54 Å². The highest BCUT2D eigenvalue weighted by molar-refractivity contribution is 8.00. The molecule has 8 rings (SSSR count). The van der Waals surface area contributed by atoms with E-state index in [0.717, 1.165) is 38.8 Å². The monoisotopic (exact) mass is 701 g/mol. The number of anilines is 2. The lowest BCUT2D eigenvalue weighted by Gasteiger charge is -2.43. The molecule has 2 saturated carbocycles. The van der Waals surface area contributed by atoms with Gasteiger partial charge in [0.15, 0.2) is 11.5 Å². The molecule has 1 saturated heterocycles. The van der Waals surface area contributed by atoms with Crippen LogP contribution in [0.25, 0.3) is 0 Å². The number of halogens is 1. The number of carbonyl (C=O) groups is 3. The molecule has 0 spiro atoms. The van der Waals surface area contributed by atoms with Gasteiger partial charge in [0.25, 0.3) is 0 Å². The van der Waals surface area contributed by atoms with Crippen LogP contribution < -0.4 is 24.6 Å². The number of nitrogens with one attached hydrogen (secondary N) is 1. The number of benzene rings is 3. The van der Waals surface area contributed by atoms with Crippen molar-refractivity contribution in [1.29, 1.82) is 0 Å². The second-order valence-corrected chi connectivity index (χ2v) is 15.4. The van der Waals surface area contributed by atoms with Crippen LogP contribution in [-0.2, 0) is 20.9 Å². The van der Waals surface area contributed by atoms with Gasteiger partial charge in [-0.2, -0.15) is 0 Å². The van der Waals surface area contributed by atoms with E-state index in [4.69, 9.17) is 21.1 Å². The van der Waals surface area contributed by atoms with Crippen LogP contribution in [0.2, 0.25) is 5.02 Å². The minimum atomic E-state index is -0.442. The SMILES string of the molecule is COc1ccc(C2c3sc(=O)n(CC(=O)Nc4ccccc4C)c3SC3C4CC(C5C(=O)N(c6ccc(Cl)cc6)C(=O)C45)C23)cc1OC. The number of thioether (sulfide) groups is 1. The molecule has 2 bridgehead atoms. The summed E-state index contributed by atoms with van der Waals surface area (Å²) in [5.41, 5.74) is 3.10. The molecule has 0 radical (unpaired) electrons. The number of amides is 3. The molecule has 12 heteroatoms. The Labute approximate surface area is 290 Å². The normalized spacial score (nSPS) is 26.7. The van der Waals surface area contributed by atoms with Gasteiger partial charge in [0.2, 0.25) is 17.7 Å². The molecule has 246 valence electrons. The lowest BCUT2D eigenvalue weighted by molar-refractivity contribution is -0.123. The zero-order valence-electron chi connectivity index (χ0n) is 26.3. The summed E-state index contributed by atoms with van der Waals surface area (Å²) in [6.07, 6.45) is 0.750. The van der Waals surface area contributed by atoms with Crippen LogP contribution in [0.3, 0.4) is 0 Å². The fourth-order valence-electron chi connectivity index (χ4n) is 8.57. The van der Waals surface area contributed by atoms with Gasteiger partial charge in [-0.15, -0.1) is 11.8 Å². The molecule has 4 aromatic rings. The molecule has 3 fully saturated rings. The third kappa shape index (κ3) is 4.73. The summed E-state index contributed by atoms with van der Waals surface area (Å²) in [6, 6.07) is 20.1. The second kappa shape index (κ2) is 11.8. The number of hydrogen-bond donors (Lipinski definition) is 1. The molecule has 7 atom stereocenters. The number of aryl methyl sites for hydroxylation is 1. The van der Waals surface area contributed by atoms with Crippen LogP contribution in [0.5, 0.6) is 11.5 Å². The van der Waals surface area contributed by atoms with Crippen LogP contribution in [0.15, 0.2) is 76.6 Å². The maximum Gasteiger partial charge on any atom is 0.308 e. The van der Waals surface area contributed by atoms with Crippen LogP contribution in [-0.4, -0.2) is 41.8 Å². The number of thiazole rings is 1. The first kappa shape index (κ1) is 31.2. The highest BCUT2D eigenvalue weighted by atomic mass is 35.5. The predicted molar refractivity (Wildman–Crippen MR) is 185 cm³/mol. The quantitative estimate of drug-likeness (QED) is 0.229. The van der Waals surface area contributed by atoms with Crippen LogP contribution in [0.1, 0.15) is 28.3 Å². The number of methoxy groups -OCH3 is 2. The lowest BCUT2D eigenvalue weighted by atomic mass is 9.68. The summed E-state index contributed by atoms with van der Waals surface area (Å²) in [4.78, 5) is 57.2. The van der Waals surface area contributed by atoms with Crippen LogP contribution in [0.4, 0.5) is 11.4 Å². The molecule has 2 aliphatic carbocycles. The van der Waals surface area contributed by atoms with Gasteiger partial charge < -0.3 is 14.8 Å². The van der Waals surface area contributed by atoms with Gasteiger partial charge in [0, 0.05) is 26.8 Å². The molecule has 1 N–H and O–H groups in total. The van der Waals surface area contributed by atoms with E-state index in [1.807, 2.05) is 49.4 Å². The Morgan fingerprint density at radius 2 is 1.65 bits per heavy atom. The summed E-state index contributed by atoms with van der Waals surface area (Å²) in [5.74, 6) is -0.745. The molecule has 3 heterocycles. The van der Waals surface area contributed by atoms with E-state index >= 15 is 0 Å². The van der Waals surface area contributed by atoms with Crippen molar-refractivity contribution < 1.29 is 23.9 Å². The highest BCUT2D eigenvalue weighted by Crippen LogP contribution is 2.69. The van der Waals surface area contributed by atoms with E-state index in [9.17, 15) is 19.2 Å². The van der Waals surface area contributed by atoms with Crippen molar-refractivity contribution in [2.24, 2.45) is 29.6 Å². The topological polar surface area (TPSA) is 107 Å². The minimum Gasteiger partial charge on any atom is -0.493 e. The third-order valence-corrected chi connectivity index (χ3v) is 13.6. The Morgan fingerprint density at radius 1 is 0.938 bits per heavy atom. The number of fused-ring (bicyclic) bond motifs is 9. The molecule has 3 aromatic carbocycles. The van der Waals surface area contributed by atoms with Crippen molar-refractivity contribution in [3.8, 4) is 11.5 Å². The van der Waals surface area contributed by atoms with E-state index in [1.54, 1.807) is 54.8 Å². The van der Waals surface area contributed by atoms with Crippen molar-refractivity contribution >= 4 is 63.8 Å². The number of para-hydroxylation sites is 1. The molecule has 7 unspecified atom stereocenters. The highest BCUT2D eigenvalue weighted by Gasteiger charge is 2.70. The fourth-order valence-corrected chi connectivity index (χ4v) is 11.8. The smallest absolute Gasteiger partial charge is 0.308 e. The zero-order chi connectivity index (χ0) is 33.4. The molecular weight excluding hydrogens is 670 g/mol. The predicted octanol–water partition coefficient (Wildman–Crippen LogP) is 6.21. The van der Waals surface area contributed by atoms with E-state index < -0.39 is 11.8 Å². The van der Waals surface area contributed by atoms with Crippen LogP contribution in [0, 0.1) is 36.5 Å². The molecule has 9 nitrogen and oxygen atoms in total.